The Bertz CT molecular complexity index is 3580. The molecule has 0 aliphatic carbocycles. The zero-order chi connectivity index (χ0) is 40.4. The Hall–Kier alpha value is -6.70. The highest BCUT2D eigenvalue weighted by Gasteiger charge is 2.23. The summed E-state index contributed by atoms with van der Waals surface area (Å²) in [5, 5.41) is 7.97. The molecule has 1 heterocycles. The van der Waals surface area contributed by atoms with Crippen molar-refractivity contribution in [1.29, 1.82) is 0 Å². The van der Waals surface area contributed by atoms with Gasteiger partial charge in [0.15, 0.2) is 0 Å². The zero-order valence-corrected chi connectivity index (χ0v) is 27.1. The fourth-order valence-corrected chi connectivity index (χ4v) is 8.09. The van der Waals surface area contributed by atoms with E-state index in [1.807, 2.05) is 115 Å². The molecule has 0 spiro atoms. The number of furan rings is 1. The molecule has 11 aromatic rings. The highest BCUT2D eigenvalue weighted by atomic mass is 16.3. The molecule has 236 valence electrons. The summed E-state index contributed by atoms with van der Waals surface area (Å²) in [6, 6.07) is 40.4. The maximum Gasteiger partial charge on any atom is 0.136 e. The lowest BCUT2D eigenvalue weighted by atomic mass is 9.82. The number of hydrogen-bond acceptors (Lipinski definition) is 1. The normalized spacial score (nSPS) is 14.1. The summed E-state index contributed by atoms with van der Waals surface area (Å²) < 4.78 is 81.1. The molecular formula is C50H30O. The van der Waals surface area contributed by atoms with E-state index in [2.05, 4.69) is 18.2 Å². The largest absolute Gasteiger partial charge is 0.456 e. The van der Waals surface area contributed by atoms with E-state index in [1.165, 1.54) is 0 Å². The van der Waals surface area contributed by atoms with E-state index in [0.717, 1.165) is 48.7 Å². The topological polar surface area (TPSA) is 13.1 Å². The monoisotopic (exact) mass is 654 g/mol. The number of fused-ring (bicyclic) bond motifs is 9. The first-order valence-corrected chi connectivity index (χ1v) is 16.9. The van der Waals surface area contributed by atoms with Crippen molar-refractivity contribution in [3.63, 3.8) is 0 Å². The summed E-state index contributed by atoms with van der Waals surface area (Å²) in [5.74, 6) is 0. The molecule has 0 N–H and O–H groups in total. The van der Waals surface area contributed by atoms with E-state index in [1.54, 1.807) is 0 Å². The molecule has 1 heteroatoms. The molecule has 0 aliphatic heterocycles. The van der Waals surface area contributed by atoms with Crippen LogP contribution in [0.15, 0.2) is 186 Å². The molecule has 0 radical (unpaired) electrons. The summed E-state index contributed by atoms with van der Waals surface area (Å²) in [6.07, 6.45) is 0. The van der Waals surface area contributed by atoms with E-state index in [4.69, 9.17) is 9.90 Å². The number of hydrogen-bond donors (Lipinski definition) is 0. The van der Waals surface area contributed by atoms with E-state index < -0.39 is 24.2 Å². The van der Waals surface area contributed by atoms with Crippen LogP contribution in [0.5, 0.6) is 0 Å². The summed E-state index contributed by atoms with van der Waals surface area (Å²) >= 11 is 0. The standard InChI is InChI=1S/C50H30O/c1-2-16-34-30-44(43(29-33(34)15-1)42-25-12-26-45-50(42)49-36-19-6-4-14-32(36)27-28-46(49)51-45)48-40-22-9-7-20-38(40)47(39-21-8-10-23-41(39)48)37-24-11-17-31-13-3-5-18-35(31)37/h1-30H/i7D,8D,9D,10D,20D,21D,22D,23D. The van der Waals surface area contributed by atoms with Crippen LogP contribution in [0, 0.1) is 0 Å². The molecule has 0 saturated carbocycles. The predicted molar refractivity (Wildman–Crippen MR) is 218 cm³/mol. The van der Waals surface area contributed by atoms with Crippen LogP contribution >= 0.6 is 0 Å². The smallest absolute Gasteiger partial charge is 0.136 e. The highest BCUT2D eigenvalue weighted by molar-refractivity contribution is 6.27. The first-order valence-electron chi connectivity index (χ1n) is 20.9. The first-order chi connectivity index (χ1) is 28.6. The maximum atomic E-state index is 9.68. The van der Waals surface area contributed by atoms with Gasteiger partial charge in [0.05, 0.1) is 11.0 Å². The Labute approximate surface area is 305 Å². The Balaban J connectivity index is 1.42. The van der Waals surface area contributed by atoms with Gasteiger partial charge in [0, 0.05) is 10.8 Å². The van der Waals surface area contributed by atoms with Crippen molar-refractivity contribution in [1.82, 2.24) is 0 Å². The maximum absolute atomic E-state index is 9.68. The van der Waals surface area contributed by atoms with Crippen molar-refractivity contribution in [2.24, 2.45) is 0 Å². The van der Waals surface area contributed by atoms with E-state index in [0.29, 0.717) is 39.0 Å². The van der Waals surface area contributed by atoms with Crippen LogP contribution in [0.4, 0.5) is 0 Å². The van der Waals surface area contributed by atoms with Crippen LogP contribution in [0.3, 0.4) is 0 Å². The second-order valence-electron chi connectivity index (χ2n) is 13.0. The third-order valence-electron chi connectivity index (χ3n) is 10.3. The van der Waals surface area contributed by atoms with Gasteiger partial charge in [-0.3, -0.25) is 0 Å². The Morgan fingerprint density at radius 2 is 0.824 bits per heavy atom. The number of benzene rings is 10. The van der Waals surface area contributed by atoms with E-state index in [9.17, 15) is 5.48 Å². The van der Waals surface area contributed by atoms with Gasteiger partial charge in [0.25, 0.3) is 0 Å². The number of rotatable bonds is 3. The van der Waals surface area contributed by atoms with Crippen LogP contribution in [0.2, 0.25) is 0 Å². The van der Waals surface area contributed by atoms with Crippen LogP contribution in [-0.4, -0.2) is 0 Å². The molecule has 0 atom stereocenters. The minimum atomic E-state index is -0.440. The average molecular weight is 655 g/mol. The van der Waals surface area contributed by atoms with Gasteiger partial charge in [-0.25, -0.2) is 0 Å². The van der Waals surface area contributed by atoms with Gasteiger partial charge in [-0.2, -0.15) is 0 Å². The van der Waals surface area contributed by atoms with Gasteiger partial charge in [-0.15, -0.1) is 0 Å². The van der Waals surface area contributed by atoms with Crippen molar-refractivity contribution in [3.8, 4) is 33.4 Å². The van der Waals surface area contributed by atoms with Crippen molar-refractivity contribution in [2.45, 2.75) is 0 Å². The fraction of sp³-hybridized carbons (Fsp3) is 0. The van der Waals surface area contributed by atoms with Gasteiger partial charge in [-0.05, 0) is 112 Å². The molecule has 10 aromatic carbocycles. The molecule has 0 bridgehead atoms. The lowest BCUT2D eigenvalue weighted by Gasteiger charge is -2.21. The zero-order valence-electron chi connectivity index (χ0n) is 35.1. The van der Waals surface area contributed by atoms with Crippen LogP contribution in [-0.2, 0) is 0 Å². The van der Waals surface area contributed by atoms with Crippen molar-refractivity contribution in [2.75, 3.05) is 0 Å². The lowest BCUT2D eigenvalue weighted by Crippen LogP contribution is -1.94. The molecule has 1 nitrogen and oxygen atoms in total. The average Bonchev–Trinajstić information content (AvgIpc) is 3.67. The lowest BCUT2D eigenvalue weighted by molar-refractivity contribution is 0.669. The van der Waals surface area contributed by atoms with Gasteiger partial charge in [-0.1, -0.05) is 158 Å². The highest BCUT2D eigenvalue weighted by Crippen LogP contribution is 2.50. The van der Waals surface area contributed by atoms with Crippen molar-refractivity contribution >= 4 is 75.8 Å². The molecule has 0 fully saturated rings. The Morgan fingerprint density at radius 1 is 0.333 bits per heavy atom. The third kappa shape index (κ3) is 4.16. The molecule has 0 saturated heterocycles. The fourth-order valence-electron chi connectivity index (χ4n) is 8.09. The molecule has 0 unspecified atom stereocenters. The van der Waals surface area contributed by atoms with Crippen molar-refractivity contribution < 1.29 is 15.4 Å². The molecule has 11 rings (SSSR count). The van der Waals surface area contributed by atoms with Crippen LogP contribution < -0.4 is 0 Å². The summed E-state index contributed by atoms with van der Waals surface area (Å²) in [6.45, 7) is 0. The minimum Gasteiger partial charge on any atom is -0.456 e. The van der Waals surface area contributed by atoms with E-state index in [-0.39, 0.29) is 45.7 Å². The molecule has 51 heavy (non-hydrogen) atoms. The van der Waals surface area contributed by atoms with Gasteiger partial charge < -0.3 is 4.42 Å². The van der Waals surface area contributed by atoms with Gasteiger partial charge in [0.1, 0.15) is 11.2 Å². The molecule has 1 aromatic heterocycles. The molecule has 0 aliphatic rings. The summed E-state index contributed by atoms with van der Waals surface area (Å²) in [4.78, 5) is 0. The third-order valence-corrected chi connectivity index (χ3v) is 10.3. The van der Waals surface area contributed by atoms with Crippen molar-refractivity contribution in [3.05, 3.63) is 182 Å². The first kappa shape index (κ1) is 21.4. The SMILES string of the molecule is [2H]c1c([2H])c([2H])c2c(-c3cccc4ccccc34)c3c([2H])c([2H])c([2H])c([2H])c3c(-c3cc4ccccc4cc3-c3cccc4oc5ccc6ccccc6c5c34)c2c1[2H]. The summed E-state index contributed by atoms with van der Waals surface area (Å²) in [7, 11) is 0. The molecule has 0 amide bonds. The quantitative estimate of drug-likeness (QED) is 0.173. The second-order valence-corrected chi connectivity index (χ2v) is 13.0. The van der Waals surface area contributed by atoms with E-state index >= 15 is 0 Å². The van der Waals surface area contributed by atoms with Crippen LogP contribution in [0.1, 0.15) is 11.0 Å². The van der Waals surface area contributed by atoms with Crippen LogP contribution in [0.25, 0.3) is 109 Å². The minimum absolute atomic E-state index is 0.169. The second kappa shape index (κ2) is 10.9. The Kier molecular flexibility index (Phi) is 4.57. The molecular weight excluding hydrogens is 617 g/mol. The Morgan fingerprint density at radius 3 is 1.51 bits per heavy atom. The van der Waals surface area contributed by atoms with Gasteiger partial charge >= 0.3 is 0 Å². The summed E-state index contributed by atoms with van der Waals surface area (Å²) in [5.41, 5.74) is 4.68. The van der Waals surface area contributed by atoms with Gasteiger partial charge in [0.2, 0.25) is 0 Å². The predicted octanol–water partition coefficient (Wildman–Crippen LogP) is 14.4.